The maximum Gasteiger partial charge on any atom is 0.336 e. The quantitative estimate of drug-likeness (QED) is 0.156. The molecule has 368 valence electrons. The van der Waals surface area contributed by atoms with Crippen LogP contribution in [-0.4, -0.2) is 131 Å². The number of methoxy groups -OCH3 is 2. The van der Waals surface area contributed by atoms with Crippen molar-refractivity contribution in [1.82, 2.24) is 15.1 Å². The zero-order valence-corrected chi connectivity index (χ0v) is 44.0. The second-order valence-electron chi connectivity index (χ2n) is 18.1. The van der Waals surface area contributed by atoms with Gasteiger partial charge in [-0.2, -0.15) is 0 Å². The predicted octanol–water partition coefficient (Wildman–Crippen LogP) is 8.95. The van der Waals surface area contributed by atoms with Gasteiger partial charge in [0, 0.05) is 67.4 Å². The number of anilines is 2. The molecule has 66 heavy (non-hydrogen) atoms. The zero-order chi connectivity index (χ0) is 48.1. The smallest absolute Gasteiger partial charge is 0.336 e. The van der Waals surface area contributed by atoms with Crippen molar-refractivity contribution in [2.75, 3.05) is 78.4 Å². The van der Waals surface area contributed by atoms with Crippen LogP contribution in [0.2, 0.25) is 0 Å². The Hall–Kier alpha value is -3.99. The van der Waals surface area contributed by atoms with Gasteiger partial charge >= 0.3 is 5.97 Å². The number of halogens is 1. The highest BCUT2D eigenvalue weighted by molar-refractivity contribution is 7.15. The summed E-state index contributed by atoms with van der Waals surface area (Å²) in [5.74, 6) is 0.296. The first-order valence-corrected chi connectivity index (χ1v) is 24.9. The number of nitrogens with zero attached hydrogens (tertiary/aromatic N) is 4. The second kappa shape index (κ2) is 26.5. The van der Waals surface area contributed by atoms with E-state index < -0.39 is 5.97 Å². The molecule has 2 saturated carbocycles. The van der Waals surface area contributed by atoms with E-state index in [0.717, 1.165) is 40.4 Å². The fourth-order valence-electron chi connectivity index (χ4n) is 9.47. The number of nitrogens with one attached hydrogen (secondary N) is 1. The number of carboxylic acid groups (broad SMARTS) is 1. The predicted molar refractivity (Wildman–Crippen MR) is 274 cm³/mol. The van der Waals surface area contributed by atoms with Crippen LogP contribution in [0.25, 0.3) is 0 Å². The Labute approximate surface area is 408 Å². The van der Waals surface area contributed by atoms with Gasteiger partial charge in [-0.15, -0.1) is 35.1 Å². The summed E-state index contributed by atoms with van der Waals surface area (Å²) < 4.78 is 10.4. The molecule has 0 radical (unpaired) electrons. The number of carbonyl (C=O) groups excluding carboxylic acids is 3. The molecule has 0 atom stereocenters. The molecule has 2 aromatic heterocycles. The van der Waals surface area contributed by atoms with Crippen molar-refractivity contribution in [1.29, 1.82) is 0 Å². The molecule has 2 heterocycles. The van der Waals surface area contributed by atoms with E-state index in [1.54, 1.807) is 42.3 Å². The monoisotopic (exact) mass is 972 g/mol. The van der Waals surface area contributed by atoms with E-state index in [2.05, 4.69) is 67.0 Å². The molecule has 0 aromatic carbocycles. The molecule has 4 aliphatic carbocycles. The lowest BCUT2D eigenvalue weighted by Crippen LogP contribution is -2.42. The Morgan fingerprint density at radius 1 is 0.682 bits per heavy atom. The molecular formula is C50H77ClN6O7S2. The third-order valence-electron chi connectivity index (χ3n) is 13.4. The molecule has 6 rings (SSSR count). The first-order valence-electron chi connectivity index (χ1n) is 23.1. The van der Waals surface area contributed by atoms with E-state index in [0.29, 0.717) is 70.8 Å². The third-order valence-corrected chi connectivity index (χ3v) is 15.6. The molecular weight excluding hydrogens is 896 g/mol. The van der Waals surface area contributed by atoms with E-state index in [1.807, 2.05) is 45.2 Å². The minimum absolute atomic E-state index is 0. The van der Waals surface area contributed by atoms with Gasteiger partial charge < -0.3 is 45.2 Å². The Balaban J connectivity index is 0.000000291. The Morgan fingerprint density at radius 3 is 1.42 bits per heavy atom. The van der Waals surface area contributed by atoms with Gasteiger partial charge in [0.2, 0.25) is 0 Å². The van der Waals surface area contributed by atoms with Gasteiger partial charge in [-0.05, 0) is 144 Å². The normalized spacial score (nSPS) is 20.9. The van der Waals surface area contributed by atoms with Crippen LogP contribution in [0, 0.1) is 13.8 Å². The molecule has 0 bridgehead atoms. The first kappa shape index (κ1) is 56.3. The van der Waals surface area contributed by atoms with Crippen LogP contribution < -0.4 is 20.9 Å². The maximum atomic E-state index is 13.0. The van der Waals surface area contributed by atoms with E-state index in [4.69, 9.17) is 15.2 Å². The van der Waals surface area contributed by atoms with Gasteiger partial charge in [-0.25, -0.2) is 4.79 Å². The van der Waals surface area contributed by atoms with Gasteiger partial charge in [-0.1, -0.05) is 11.1 Å². The second-order valence-corrected chi connectivity index (χ2v) is 19.8. The number of ketones is 2. The zero-order valence-electron chi connectivity index (χ0n) is 41.5. The van der Waals surface area contributed by atoms with E-state index in [-0.39, 0.29) is 43.0 Å². The number of hydrogen-bond donors (Lipinski definition) is 3. The van der Waals surface area contributed by atoms with Crippen molar-refractivity contribution in [2.24, 2.45) is 5.73 Å². The topological polar surface area (TPSA) is 158 Å². The number of allylic oxidation sites excluding steroid dienone is 4. The average Bonchev–Trinajstić information content (AvgIpc) is 3.85. The number of hydrogen-bond acceptors (Lipinski definition) is 13. The number of Topliss-reactive ketones (excluding diaryl/α,β-unsaturated/α-hetero) is 2. The highest BCUT2D eigenvalue weighted by atomic mass is 35.5. The summed E-state index contributed by atoms with van der Waals surface area (Å²) >= 11 is 3.22. The molecule has 0 spiro atoms. The van der Waals surface area contributed by atoms with Crippen molar-refractivity contribution in [3.8, 4) is 0 Å². The first-order chi connectivity index (χ1) is 30.9. The fraction of sp³-hybridized carbons (Fsp3) is 0.600. The number of thiophene rings is 2. The number of carboxylic acids is 1. The van der Waals surface area contributed by atoms with Crippen LogP contribution in [0.3, 0.4) is 0 Å². The van der Waals surface area contributed by atoms with Crippen LogP contribution in [-0.2, 0) is 19.1 Å². The summed E-state index contributed by atoms with van der Waals surface area (Å²) in [6.07, 6.45) is 14.2. The van der Waals surface area contributed by atoms with Crippen molar-refractivity contribution in [2.45, 2.75) is 130 Å². The number of nitrogens with two attached hydrogens (primary N) is 1. The summed E-state index contributed by atoms with van der Waals surface area (Å²) in [6.45, 7) is 14.5. The molecule has 2 aromatic rings. The van der Waals surface area contributed by atoms with E-state index >= 15 is 0 Å². The molecule has 0 saturated heterocycles. The average molecular weight is 974 g/mol. The van der Waals surface area contributed by atoms with Gasteiger partial charge in [0.05, 0.1) is 53.0 Å². The number of rotatable bonds is 15. The fourth-order valence-corrected chi connectivity index (χ4v) is 11.9. The van der Waals surface area contributed by atoms with Crippen LogP contribution in [0.4, 0.5) is 10.0 Å². The van der Waals surface area contributed by atoms with Crippen molar-refractivity contribution < 1.29 is 33.8 Å². The van der Waals surface area contributed by atoms with Crippen molar-refractivity contribution >= 4 is 68.5 Å². The minimum atomic E-state index is -0.817. The van der Waals surface area contributed by atoms with Gasteiger partial charge in [0.1, 0.15) is 11.5 Å². The third kappa shape index (κ3) is 14.3. The van der Waals surface area contributed by atoms with Crippen LogP contribution in [0.1, 0.15) is 124 Å². The summed E-state index contributed by atoms with van der Waals surface area (Å²) in [5.41, 5.74) is 11.6. The Kier molecular flexibility index (Phi) is 22.6. The molecule has 4 aliphatic rings. The number of amides is 1. The number of ether oxygens (including phenoxy) is 2. The van der Waals surface area contributed by atoms with E-state index in [1.165, 1.54) is 56.4 Å². The lowest BCUT2D eigenvalue weighted by Gasteiger charge is -2.39. The highest BCUT2D eigenvalue weighted by Crippen LogP contribution is 2.38. The SMILES string of the molecule is CCN(c1scc(C(=O)NCC2=C(OC)C=C(C)CC2=O)c1C)C1CCC(N(C)C)CC1.CCN(c1scc(C(=O)O)c1C)C1CCC(N(C)C)CC1.COC1=C(CN)C(=O)CC(C)=C1.Cl. The molecule has 4 N–H and O–H groups in total. The molecule has 0 aliphatic heterocycles. The Morgan fingerprint density at radius 2 is 1.06 bits per heavy atom. The Bertz CT molecular complexity index is 2110. The molecule has 16 heteroatoms. The van der Waals surface area contributed by atoms with Crippen molar-refractivity contribution in [3.63, 3.8) is 0 Å². The van der Waals surface area contributed by atoms with Crippen LogP contribution >= 0.6 is 35.1 Å². The highest BCUT2D eigenvalue weighted by Gasteiger charge is 2.31. The minimum Gasteiger partial charge on any atom is -0.496 e. The van der Waals surface area contributed by atoms with Crippen molar-refractivity contribution in [3.05, 3.63) is 79.0 Å². The standard InChI is InChI=1S/C25H37N3O3S.C16H26N2O2S.C9H13NO2.ClH/c1-7-28(19-10-8-18(9-11-19)27(4)5)25-17(3)21(15-32-25)24(30)26-14-20-22(29)12-16(2)13-23(20)31-6;1-5-18(13-8-6-12(7-9-13)17(3)4)15-11(2)14(10-21-15)16(19)20;1-6-3-8(11)7(5-10)9(4-6)12-2;/h13,15,18-19H,7-12,14H2,1-6H3,(H,26,30);10,12-13H,5-9H2,1-4H3,(H,19,20);4H,3,5,10H2,1-2H3;1H. The number of aromatic carboxylic acids is 1. The van der Waals surface area contributed by atoms with E-state index in [9.17, 15) is 24.3 Å². The lowest BCUT2D eigenvalue weighted by molar-refractivity contribution is -0.116. The van der Waals surface area contributed by atoms with Crippen LogP contribution in [0.5, 0.6) is 0 Å². The molecule has 0 unspecified atom stereocenters. The number of carbonyl (C=O) groups is 4. The van der Waals surface area contributed by atoms with Gasteiger partial charge in [0.25, 0.3) is 5.91 Å². The van der Waals surface area contributed by atoms with Crippen LogP contribution in [0.15, 0.2) is 56.7 Å². The summed E-state index contributed by atoms with van der Waals surface area (Å²) in [6, 6.07) is 2.43. The molecule has 1 amide bonds. The summed E-state index contributed by atoms with van der Waals surface area (Å²) in [5, 5.41) is 18.2. The van der Waals surface area contributed by atoms with Gasteiger partial charge in [-0.3, -0.25) is 14.4 Å². The maximum absolute atomic E-state index is 13.0. The summed E-state index contributed by atoms with van der Waals surface area (Å²) in [7, 11) is 11.8. The lowest BCUT2D eigenvalue weighted by atomic mass is 9.89. The largest absolute Gasteiger partial charge is 0.496 e. The molecule has 2 fully saturated rings. The van der Waals surface area contributed by atoms with Gasteiger partial charge in [0.15, 0.2) is 11.6 Å². The molecule has 13 nitrogen and oxygen atoms in total. The summed E-state index contributed by atoms with van der Waals surface area (Å²) in [4.78, 5) is 57.5.